The summed E-state index contributed by atoms with van der Waals surface area (Å²) in [6.45, 7) is 2.05. The van der Waals surface area contributed by atoms with E-state index in [2.05, 4.69) is 25.1 Å². The van der Waals surface area contributed by atoms with Crippen LogP contribution in [0.15, 0.2) is 70.5 Å². The first kappa shape index (κ1) is 19.1. The quantitative estimate of drug-likeness (QED) is 0.351. The molecule has 0 N–H and O–H groups in total. The van der Waals surface area contributed by atoms with Gasteiger partial charge in [-0.05, 0) is 42.3 Å². The van der Waals surface area contributed by atoms with Crippen LogP contribution < -0.4 is 9.47 Å². The SMILES string of the molecule is COc1cc2c(c([N+](=O)[O-])c1)OC1(Sc3ccc(C)cc3S1)C(c1ccccc1)=C2. The molecular formula is C23H17NO4S2. The van der Waals surface area contributed by atoms with E-state index in [9.17, 15) is 10.1 Å². The molecule has 0 saturated carbocycles. The van der Waals surface area contributed by atoms with Crippen LogP contribution in [0.1, 0.15) is 16.7 Å². The van der Waals surface area contributed by atoms with Gasteiger partial charge in [0.2, 0.25) is 10.0 Å². The molecule has 2 aliphatic heterocycles. The van der Waals surface area contributed by atoms with E-state index in [0.717, 1.165) is 26.5 Å². The first-order valence-corrected chi connectivity index (χ1v) is 10.9. The molecule has 30 heavy (non-hydrogen) atoms. The van der Waals surface area contributed by atoms with Crippen LogP contribution in [0.2, 0.25) is 0 Å². The second-order valence-corrected chi connectivity index (χ2v) is 9.75. The third-order valence-corrected chi connectivity index (χ3v) is 7.95. The Morgan fingerprint density at radius 2 is 1.80 bits per heavy atom. The van der Waals surface area contributed by atoms with Crippen molar-refractivity contribution in [3.05, 3.63) is 87.5 Å². The van der Waals surface area contributed by atoms with Crippen LogP contribution in [0.4, 0.5) is 5.69 Å². The lowest BCUT2D eigenvalue weighted by Crippen LogP contribution is -2.30. The highest BCUT2D eigenvalue weighted by molar-refractivity contribution is 8.21. The molecule has 5 nitrogen and oxygen atoms in total. The van der Waals surface area contributed by atoms with Crippen molar-refractivity contribution in [3.63, 3.8) is 0 Å². The van der Waals surface area contributed by atoms with Crippen molar-refractivity contribution in [2.24, 2.45) is 0 Å². The van der Waals surface area contributed by atoms with Crippen molar-refractivity contribution in [2.45, 2.75) is 21.0 Å². The monoisotopic (exact) mass is 435 g/mol. The van der Waals surface area contributed by atoms with Gasteiger partial charge >= 0.3 is 5.69 Å². The van der Waals surface area contributed by atoms with Crippen molar-refractivity contribution < 1.29 is 14.4 Å². The molecular weight excluding hydrogens is 418 g/mol. The number of aryl methyl sites for hydroxylation is 1. The van der Waals surface area contributed by atoms with Crippen LogP contribution in [0, 0.1) is 17.0 Å². The molecule has 0 fully saturated rings. The van der Waals surface area contributed by atoms with Gasteiger partial charge in [-0.1, -0.05) is 59.9 Å². The fraction of sp³-hybridized carbons (Fsp3) is 0.130. The van der Waals surface area contributed by atoms with Crippen molar-refractivity contribution in [2.75, 3.05) is 7.11 Å². The third kappa shape index (κ3) is 3.05. The number of hydrogen-bond donors (Lipinski definition) is 0. The lowest BCUT2D eigenvalue weighted by atomic mass is 9.99. The van der Waals surface area contributed by atoms with E-state index < -0.39 is 9.19 Å². The van der Waals surface area contributed by atoms with Gasteiger partial charge in [-0.3, -0.25) is 10.1 Å². The molecule has 2 aliphatic rings. The molecule has 0 bridgehead atoms. The van der Waals surface area contributed by atoms with Crippen molar-refractivity contribution in [1.29, 1.82) is 0 Å². The van der Waals surface area contributed by atoms with E-state index in [0.29, 0.717) is 11.3 Å². The Morgan fingerprint density at radius 1 is 1.03 bits per heavy atom. The molecule has 0 amide bonds. The lowest BCUT2D eigenvalue weighted by molar-refractivity contribution is -0.386. The van der Waals surface area contributed by atoms with Gasteiger partial charge in [0.05, 0.1) is 18.1 Å². The van der Waals surface area contributed by atoms with Gasteiger partial charge in [-0.15, -0.1) is 0 Å². The first-order chi connectivity index (χ1) is 14.5. The first-order valence-electron chi connectivity index (χ1n) is 9.31. The highest BCUT2D eigenvalue weighted by atomic mass is 32.2. The molecule has 1 atom stereocenters. The molecule has 2 heterocycles. The number of benzene rings is 3. The summed E-state index contributed by atoms with van der Waals surface area (Å²) in [6, 6.07) is 19.5. The van der Waals surface area contributed by atoms with E-state index >= 15 is 0 Å². The Kier molecular flexibility index (Phi) is 4.52. The molecule has 0 radical (unpaired) electrons. The molecule has 1 spiro atoms. The summed E-state index contributed by atoms with van der Waals surface area (Å²) in [4.78, 5) is 13.6. The second kappa shape index (κ2) is 7.11. The molecule has 7 heteroatoms. The topological polar surface area (TPSA) is 61.6 Å². The zero-order valence-corrected chi connectivity index (χ0v) is 17.9. The van der Waals surface area contributed by atoms with Gasteiger partial charge in [-0.2, -0.15) is 0 Å². The van der Waals surface area contributed by atoms with Gasteiger partial charge < -0.3 is 9.47 Å². The second-order valence-electron chi connectivity index (χ2n) is 7.06. The van der Waals surface area contributed by atoms with Crippen LogP contribution >= 0.6 is 23.5 Å². The van der Waals surface area contributed by atoms with E-state index in [1.54, 1.807) is 29.6 Å². The minimum absolute atomic E-state index is 0.0968. The van der Waals surface area contributed by atoms with E-state index in [-0.39, 0.29) is 11.4 Å². The highest BCUT2D eigenvalue weighted by Gasteiger charge is 2.49. The normalized spacial score (nSPS) is 18.9. The summed E-state index contributed by atoms with van der Waals surface area (Å²) in [5.41, 5.74) is 3.68. The Morgan fingerprint density at radius 3 is 2.53 bits per heavy atom. The maximum absolute atomic E-state index is 11.8. The Hall–Kier alpha value is -2.90. The smallest absolute Gasteiger partial charge is 0.315 e. The third-order valence-electron chi connectivity index (χ3n) is 5.04. The van der Waals surface area contributed by atoms with Gasteiger partial charge in [0.25, 0.3) is 0 Å². The van der Waals surface area contributed by atoms with Crippen molar-refractivity contribution in [3.8, 4) is 11.5 Å². The number of nitro benzene ring substituents is 1. The zero-order valence-electron chi connectivity index (χ0n) is 16.2. The summed E-state index contributed by atoms with van der Waals surface area (Å²) in [5, 5.41) is 11.8. The molecule has 1 unspecified atom stereocenters. The molecule has 0 saturated heterocycles. The predicted octanol–water partition coefficient (Wildman–Crippen LogP) is 6.40. The Balaban J connectivity index is 1.73. The molecule has 5 rings (SSSR count). The van der Waals surface area contributed by atoms with E-state index in [1.807, 2.05) is 36.4 Å². The van der Waals surface area contributed by atoms with Crippen LogP contribution in [0.5, 0.6) is 11.5 Å². The fourth-order valence-electron chi connectivity index (χ4n) is 3.63. The number of fused-ring (bicyclic) bond motifs is 2. The molecule has 3 aromatic carbocycles. The largest absolute Gasteiger partial charge is 0.496 e. The van der Waals surface area contributed by atoms with E-state index in [1.165, 1.54) is 13.2 Å². The predicted molar refractivity (Wildman–Crippen MR) is 120 cm³/mol. The van der Waals surface area contributed by atoms with Gasteiger partial charge in [0.1, 0.15) is 5.75 Å². The lowest BCUT2D eigenvalue weighted by Gasteiger charge is -2.35. The Labute approximate surface area is 182 Å². The number of hydrogen-bond acceptors (Lipinski definition) is 6. The van der Waals surface area contributed by atoms with E-state index in [4.69, 9.17) is 9.47 Å². The number of thioether (sulfide) groups is 2. The molecule has 0 aromatic heterocycles. The Bertz CT molecular complexity index is 1210. The number of methoxy groups -OCH3 is 1. The fourth-order valence-corrected chi connectivity index (χ4v) is 6.70. The van der Waals surface area contributed by atoms with Crippen LogP contribution in [-0.4, -0.2) is 16.3 Å². The van der Waals surface area contributed by atoms with Crippen LogP contribution in [-0.2, 0) is 0 Å². The zero-order chi connectivity index (χ0) is 20.9. The van der Waals surface area contributed by atoms with Crippen molar-refractivity contribution >= 4 is 40.9 Å². The summed E-state index contributed by atoms with van der Waals surface area (Å²) < 4.78 is 11.0. The minimum Gasteiger partial charge on any atom is -0.496 e. The summed E-state index contributed by atoms with van der Waals surface area (Å²) in [6.07, 6.45) is 1.99. The van der Waals surface area contributed by atoms with Crippen LogP contribution in [0.25, 0.3) is 11.6 Å². The average molecular weight is 436 g/mol. The number of ether oxygens (including phenoxy) is 2. The summed E-state index contributed by atoms with van der Waals surface area (Å²) in [5.74, 6) is 0.694. The summed E-state index contributed by atoms with van der Waals surface area (Å²) >= 11 is 3.17. The maximum atomic E-state index is 11.8. The van der Waals surface area contributed by atoms with Gasteiger partial charge in [-0.25, -0.2) is 0 Å². The van der Waals surface area contributed by atoms with Gasteiger partial charge in [0.15, 0.2) is 0 Å². The van der Waals surface area contributed by atoms with Crippen LogP contribution in [0.3, 0.4) is 0 Å². The molecule has 150 valence electrons. The number of nitro groups is 1. The van der Waals surface area contributed by atoms with Crippen molar-refractivity contribution in [1.82, 2.24) is 0 Å². The standard InChI is InChI=1S/C23H17NO4S2/c1-14-8-9-20-21(10-14)30-23(29-20)18(15-6-4-3-5-7-15)12-16-11-17(27-2)13-19(24(25)26)22(16)28-23/h3-13H,1-2H3. The average Bonchev–Trinajstić information content (AvgIpc) is 3.10. The minimum atomic E-state index is -0.843. The number of nitrogens with zero attached hydrogens (tertiary/aromatic N) is 1. The van der Waals surface area contributed by atoms with Gasteiger partial charge in [0, 0.05) is 20.9 Å². The summed E-state index contributed by atoms with van der Waals surface area (Å²) in [7, 11) is 1.50. The molecule has 0 aliphatic carbocycles. The molecule has 3 aromatic rings. The maximum Gasteiger partial charge on any atom is 0.315 e. The highest BCUT2D eigenvalue weighted by Crippen LogP contribution is 2.64. The number of rotatable bonds is 3.